The van der Waals surface area contributed by atoms with Crippen molar-refractivity contribution < 1.29 is 33.4 Å². The van der Waals surface area contributed by atoms with E-state index in [0.29, 0.717) is 18.5 Å². The van der Waals surface area contributed by atoms with Gasteiger partial charge in [0.2, 0.25) is 0 Å². The first-order chi connectivity index (χ1) is 18.1. The number of carbonyl (C=O) groups is 2. The molecule has 39 heavy (non-hydrogen) atoms. The van der Waals surface area contributed by atoms with E-state index in [1.165, 1.54) is 12.2 Å². The molecule has 1 N–H and O–H groups in total. The van der Waals surface area contributed by atoms with Crippen LogP contribution in [-0.4, -0.2) is 78.6 Å². The molecule has 0 unspecified atom stereocenters. The molecule has 0 aromatic carbocycles. The van der Waals surface area contributed by atoms with E-state index in [2.05, 4.69) is 43.8 Å². The van der Waals surface area contributed by atoms with Crippen LogP contribution in [0.3, 0.4) is 0 Å². The summed E-state index contributed by atoms with van der Waals surface area (Å²) in [6.07, 6.45) is 1.44. The first kappa shape index (κ1) is 32.6. The molecule has 0 aliphatic carbocycles. The van der Waals surface area contributed by atoms with Crippen molar-refractivity contribution in [2.45, 2.75) is 96.7 Å². The number of aliphatic hydroxyl groups is 1. The van der Waals surface area contributed by atoms with Gasteiger partial charge in [-0.15, -0.1) is 5.06 Å². The van der Waals surface area contributed by atoms with Crippen LogP contribution in [0.5, 0.6) is 0 Å². The van der Waals surface area contributed by atoms with E-state index in [0.717, 1.165) is 11.1 Å². The lowest BCUT2D eigenvalue weighted by Crippen LogP contribution is -2.51. The lowest BCUT2D eigenvalue weighted by molar-refractivity contribution is -0.194. The Morgan fingerprint density at radius 1 is 1.08 bits per heavy atom. The number of fused-ring (bicyclic) bond motifs is 1. The Balaban J connectivity index is 2.38. The second-order valence-electron chi connectivity index (χ2n) is 12.1. The van der Waals surface area contributed by atoms with Crippen LogP contribution in [-0.2, 0) is 30.0 Å². The lowest BCUT2D eigenvalue weighted by Gasteiger charge is -2.41. The number of nitrogens with zero attached hydrogens (tertiary/aromatic N) is 3. The fourth-order valence-electron chi connectivity index (χ4n) is 3.65. The smallest absolute Gasteiger partial charge is 0.468 e. The van der Waals surface area contributed by atoms with Gasteiger partial charge in [0.1, 0.15) is 11.6 Å². The quantitative estimate of drug-likeness (QED) is 0.213. The summed E-state index contributed by atoms with van der Waals surface area (Å²) in [5.74, 6) is -0.638. The lowest BCUT2D eigenvalue weighted by atomic mass is 10.1. The largest absolute Gasteiger partial charge is 0.528 e. The molecule has 2 heterocycles. The Labute approximate surface area is 233 Å². The number of hydroxylamine groups is 2. The Morgan fingerprint density at radius 2 is 1.77 bits per heavy atom. The summed E-state index contributed by atoms with van der Waals surface area (Å²) >= 11 is 0. The molecular weight excluding hydrogens is 518 g/mol. The Kier molecular flexibility index (Phi) is 11.4. The third kappa shape index (κ3) is 10.1. The van der Waals surface area contributed by atoms with E-state index in [4.69, 9.17) is 18.7 Å². The number of carbonyl (C=O) groups excluding carboxylic acids is 2. The van der Waals surface area contributed by atoms with Gasteiger partial charge in [0.15, 0.2) is 14.0 Å². The van der Waals surface area contributed by atoms with Gasteiger partial charge in [-0.25, -0.2) is 14.8 Å². The normalized spacial score (nSPS) is 14.2. The number of aryl methyl sites for hydroxylation is 1. The first-order valence-corrected chi connectivity index (χ1v) is 16.2. The number of ether oxygens (including phenoxy) is 2. The van der Waals surface area contributed by atoms with Crippen molar-refractivity contribution in [3.63, 3.8) is 0 Å². The van der Waals surface area contributed by atoms with E-state index in [1.807, 2.05) is 24.3 Å². The number of aliphatic hydroxyl groups excluding tert-OH is 1. The molecule has 0 spiro atoms. The van der Waals surface area contributed by atoms with Crippen LogP contribution in [0.1, 0.15) is 60.1 Å². The Morgan fingerprint density at radius 3 is 2.36 bits per heavy atom. The summed E-state index contributed by atoms with van der Waals surface area (Å²) in [7, 11) is -1.03. The molecule has 0 saturated heterocycles. The van der Waals surface area contributed by atoms with Crippen LogP contribution in [0.2, 0.25) is 18.1 Å². The van der Waals surface area contributed by atoms with Crippen LogP contribution >= 0.6 is 0 Å². The molecule has 2 atom stereocenters. The molecular formula is C28H45N3O7Si. The van der Waals surface area contributed by atoms with E-state index in [1.54, 1.807) is 27.0 Å². The maximum Gasteiger partial charge on any atom is 0.528 e. The monoisotopic (exact) mass is 563 g/mol. The van der Waals surface area contributed by atoms with Crippen molar-refractivity contribution in [2.24, 2.45) is 0 Å². The Hall–Kier alpha value is -2.60. The van der Waals surface area contributed by atoms with Crippen molar-refractivity contribution in [3.8, 4) is 0 Å². The number of hydrogen-bond donors (Lipinski definition) is 1. The average molecular weight is 564 g/mol. The SMILES string of the molecule is COC(=O)[C@H](CCO)N(C[C@H](CCc1ccc2cccnc2n1)O[Si](C)(C)C(C)(C)C)OC(=O)OC(C)(C)C. The topological polar surface area (TPSA) is 120 Å². The van der Waals surface area contributed by atoms with E-state index in [-0.39, 0.29) is 24.6 Å². The maximum atomic E-state index is 12.7. The fraction of sp³-hybridized carbons (Fsp3) is 0.643. The average Bonchev–Trinajstić information content (AvgIpc) is 2.82. The number of methoxy groups -OCH3 is 1. The minimum absolute atomic E-state index is 0.000182. The van der Waals surface area contributed by atoms with Gasteiger partial charge in [-0.05, 0) is 82.4 Å². The van der Waals surface area contributed by atoms with Crippen LogP contribution < -0.4 is 0 Å². The van der Waals surface area contributed by atoms with E-state index < -0.39 is 38.2 Å². The summed E-state index contributed by atoms with van der Waals surface area (Å²) in [6, 6.07) is 6.74. The van der Waals surface area contributed by atoms with Gasteiger partial charge in [-0.3, -0.25) is 4.79 Å². The molecule has 2 rings (SSSR count). The predicted octanol–water partition coefficient (Wildman–Crippen LogP) is 5.05. The minimum atomic E-state index is -2.28. The molecule has 0 radical (unpaired) electrons. The van der Waals surface area contributed by atoms with Gasteiger partial charge in [-0.2, -0.15) is 0 Å². The molecule has 0 aliphatic rings. The first-order valence-electron chi connectivity index (χ1n) is 13.3. The molecule has 2 aromatic rings. The Bertz CT molecular complexity index is 1100. The van der Waals surface area contributed by atoms with E-state index >= 15 is 0 Å². The molecule has 11 heteroatoms. The molecule has 218 valence electrons. The van der Waals surface area contributed by atoms with Gasteiger partial charge < -0.3 is 23.8 Å². The van der Waals surface area contributed by atoms with Gasteiger partial charge in [-0.1, -0.05) is 20.8 Å². The van der Waals surface area contributed by atoms with Crippen molar-refractivity contribution in [1.82, 2.24) is 15.0 Å². The summed E-state index contributed by atoms with van der Waals surface area (Å²) in [6.45, 7) is 15.6. The second kappa shape index (κ2) is 13.6. The second-order valence-corrected chi connectivity index (χ2v) is 16.9. The minimum Gasteiger partial charge on any atom is -0.468 e. The zero-order chi connectivity index (χ0) is 29.4. The highest BCUT2D eigenvalue weighted by Crippen LogP contribution is 2.38. The van der Waals surface area contributed by atoms with Gasteiger partial charge in [0.25, 0.3) is 0 Å². The summed E-state index contributed by atoms with van der Waals surface area (Å²) < 4.78 is 17.1. The van der Waals surface area contributed by atoms with Crippen molar-refractivity contribution >= 4 is 31.5 Å². The van der Waals surface area contributed by atoms with Crippen LogP contribution in [0, 0.1) is 0 Å². The molecule has 0 fully saturated rings. The molecule has 2 aromatic heterocycles. The molecule has 0 bridgehead atoms. The highest BCUT2D eigenvalue weighted by molar-refractivity contribution is 6.74. The number of pyridine rings is 2. The van der Waals surface area contributed by atoms with Crippen molar-refractivity contribution in [1.29, 1.82) is 0 Å². The van der Waals surface area contributed by atoms with Crippen molar-refractivity contribution in [2.75, 3.05) is 20.3 Å². The molecule has 10 nitrogen and oxygen atoms in total. The zero-order valence-electron chi connectivity index (χ0n) is 24.8. The fourth-order valence-corrected chi connectivity index (χ4v) is 5.03. The summed E-state index contributed by atoms with van der Waals surface area (Å²) in [5, 5.41) is 11.8. The molecule has 0 aliphatic heterocycles. The standard InChI is InChI=1S/C28H45N3O7Si/c1-27(2,3)36-26(34)37-31(23(16-18-32)25(33)35-7)19-22(38-39(8,9)28(4,5)6)15-14-21-13-12-20-11-10-17-29-24(20)30-21/h10-13,17,22-23,32H,14-16,18-19H2,1-9H3/t22-,23-/m0/s1. The molecule has 0 amide bonds. The highest BCUT2D eigenvalue weighted by Gasteiger charge is 2.41. The van der Waals surface area contributed by atoms with Gasteiger partial charge >= 0.3 is 12.1 Å². The number of esters is 1. The van der Waals surface area contributed by atoms with Gasteiger partial charge in [0, 0.05) is 23.9 Å². The number of aromatic nitrogens is 2. The maximum absolute atomic E-state index is 12.7. The van der Waals surface area contributed by atoms with Crippen LogP contribution in [0.4, 0.5) is 4.79 Å². The molecule has 0 saturated carbocycles. The predicted molar refractivity (Wildman–Crippen MR) is 151 cm³/mol. The van der Waals surface area contributed by atoms with Gasteiger partial charge in [0.05, 0.1) is 19.8 Å². The van der Waals surface area contributed by atoms with Crippen molar-refractivity contribution in [3.05, 3.63) is 36.2 Å². The zero-order valence-corrected chi connectivity index (χ0v) is 25.8. The van der Waals surface area contributed by atoms with Crippen LogP contribution in [0.15, 0.2) is 30.5 Å². The highest BCUT2D eigenvalue weighted by atomic mass is 28.4. The third-order valence-corrected chi connectivity index (χ3v) is 11.2. The van der Waals surface area contributed by atoms with Crippen LogP contribution in [0.25, 0.3) is 11.0 Å². The summed E-state index contributed by atoms with van der Waals surface area (Å²) in [5.41, 5.74) is 0.720. The number of rotatable bonds is 12. The third-order valence-electron chi connectivity index (χ3n) is 6.70. The summed E-state index contributed by atoms with van der Waals surface area (Å²) in [4.78, 5) is 40.0. The van der Waals surface area contributed by atoms with E-state index in [9.17, 15) is 14.7 Å². The number of hydrogen-bond acceptors (Lipinski definition) is 10.